The molecule has 6 nitrogen and oxygen atoms in total. The summed E-state index contributed by atoms with van der Waals surface area (Å²) in [6, 6.07) is 11.8. The zero-order valence-corrected chi connectivity index (χ0v) is 17.9. The van der Waals surface area contributed by atoms with Crippen LogP contribution in [0.4, 0.5) is 20.2 Å². The standard InChI is InChI=1S/C21H25F2N3O3S/c1-4-12-26-18-13-16(29-21(22)23)10-11-17(18)19(24)20(26)14-6-8-15(9-7-14)25(3)30(27,28)5-2/h6-11,13,21H,4-5,12,24H2,1-3H3. The molecule has 3 rings (SSSR count). The first-order valence-electron chi connectivity index (χ1n) is 9.63. The fourth-order valence-corrected chi connectivity index (χ4v) is 4.31. The van der Waals surface area contributed by atoms with E-state index in [2.05, 4.69) is 4.74 Å². The van der Waals surface area contributed by atoms with Gasteiger partial charge < -0.3 is 15.0 Å². The molecule has 0 aliphatic rings. The minimum Gasteiger partial charge on any atom is -0.435 e. The number of anilines is 2. The maximum atomic E-state index is 12.6. The Labute approximate surface area is 174 Å². The summed E-state index contributed by atoms with van der Waals surface area (Å²) in [6.07, 6.45) is 0.811. The lowest BCUT2D eigenvalue weighted by molar-refractivity contribution is -0.0497. The van der Waals surface area contributed by atoms with Gasteiger partial charge in [-0.3, -0.25) is 4.31 Å². The number of rotatable bonds is 8. The second kappa shape index (κ2) is 8.51. The number of nitrogens with zero attached hydrogens (tertiary/aromatic N) is 2. The molecule has 0 fully saturated rings. The molecule has 0 saturated carbocycles. The summed E-state index contributed by atoms with van der Waals surface area (Å²) in [5.41, 5.74) is 9.77. The van der Waals surface area contributed by atoms with Crippen molar-refractivity contribution in [1.82, 2.24) is 4.57 Å². The van der Waals surface area contributed by atoms with E-state index in [1.165, 1.54) is 17.4 Å². The Hall–Kier alpha value is -2.81. The van der Waals surface area contributed by atoms with Crippen molar-refractivity contribution in [2.24, 2.45) is 0 Å². The molecule has 9 heteroatoms. The zero-order valence-electron chi connectivity index (χ0n) is 17.1. The Morgan fingerprint density at radius 1 is 1.13 bits per heavy atom. The molecule has 0 aliphatic heterocycles. The van der Waals surface area contributed by atoms with Crippen LogP contribution in [0, 0.1) is 0 Å². The molecule has 3 aromatic rings. The molecule has 0 aliphatic carbocycles. The Bertz CT molecular complexity index is 1140. The number of aryl methyl sites for hydroxylation is 1. The van der Waals surface area contributed by atoms with E-state index in [-0.39, 0.29) is 11.5 Å². The summed E-state index contributed by atoms with van der Waals surface area (Å²) in [4.78, 5) is 0. The highest BCUT2D eigenvalue weighted by Crippen LogP contribution is 2.38. The number of fused-ring (bicyclic) bond motifs is 1. The molecule has 0 spiro atoms. The van der Waals surface area contributed by atoms with Crippen molar-refractivity contribution in [1.29, 1.82) is 0 Å². The lowest BCUT2D eigenvalue weighted by Gasteiger charge is -2.19. The number of nitrogens with two attached hydrogens (primary N) is 1. The summed E-state index contributed by atoms with van der Waals surface area (Å²) in [6.45, 7) is 1.33. The lowest BCUT2D eigenvalue weighted by atomic mass is 10.1. The van der Waals surface area contributed by atoms with Gasteiger partial charge in [-0.1, -0.05) is 19.1 Å². The average molecular weight is 438 g/mol. The van der Waals surface area contributed by atoms with Crippen LogP contribution in [-0.2, 0) is 16.6 Å². The number of nitrogen functional groups attached to an aromatic ring is 1. The molecule has 0 radical (unpaired) electrons. The quantitative estimate of drug-likeness (QED) is 0.555. The number of ether oxygens (including phenoxy) is 1. The van der Waals surface area contributed by atoms with E-state index in [1.807, 2.05) is 23.6 Å². The largest absolute Gasteiger partial charge is 0.435 e. The first kappa shape index (κ1) is 21.9. The summed E-state index contributed by atoms with van der Waals surface area (Å²) >= 11 is 0. The van der Waals surface area contributed by atoms with Crippen LogP contribution in [0.25, 0.3) is 22.2 Å². The zero-order chi connectivity index (χ0) is 22.1. The van der Waals surface area contributed by atoms with Crippen LogP contribution >= 0.6 is 0 Å². The smallest absolute Gasteiger partial charge is 0.387 e. The van der Waals surface area contributed by atoms with Gasteiger partial charge >= 0.3 is 6.61 Å². The molecular formula is C21H25F2N3O3S. The monoisotopic (exact) mass is 437 g/mol. The molecule has 0 atom stereocenters. The Morgan fingerprint density at radius 3 is 2.37 bits per heavy atom. The molecule has 0 bridgehead atoms. The number of hydrogen-bond acceptors (Lipinski definition) is 4. The third-order valence-corrected chi connectivity index (χ3v) is 6.81. The highest BCUT2D eigenvalue weighted by atomic mass is 32.2. The molecule has 0 saturated heterocycles. The van der Waals surface area contributed by atoms with Crippen molar-refractivity contribution < 1.29 is 21.9 Å². The average Bonchev–Trinajstić information content (AvgIpc) is 2.98. The summed E-state index contributed by atoms with van der Waals surface area (Å²) in [7, 11) is -1.85. The highest BCUT2D eigenvalue weighted by Gasteiger charge is 2.19. The van der Waals surface area contributed by atoms with E-state index >= 15 is 0 Å². The van der Waals surface area contributed by atoms with Gasteiger partial charge in [-0.2, -0.15) is 8.78 Å². The predicted octanol–water partition coefficient (Wildman–Crippen LogP) is 4.69. The van der Waals surface area contributed by atoms with Crippen molar-refractivity contribution in [3.05, 3.63) is 42.5 Å². The van der Waals surface area contributed by atoms with E-state index in [4.69, 9.17) is 5.73 Å². The molecule has 0 unspecified atom stereocenters. The molecular weight excluding hydrogens is 412 g/mol. The Balaban J connectivity index is 2.11. The molecule has 2 aromatic carbocycles. The maximum absolute atomic E-state index is 12.6. The van der Waals surface area contributed by atoms with Gasteiger partial charge in [0.1, 0.15) is 5.75 Å². The number of aromatic nitrogens is 1. The van der Waals surface area contributed by atoms with Crippen LogP contribution in [0.15, 0.2) is 42.5 Å². The molecule has 1 heterocycles. The predicted molar refractivity (Wildman–Crippen MR) is 117 cm³/mol. The normalized spacial score (nSPS) is 11.9. The van der Waals surface area contributed by atoms with Gasteiger partial charge in [0.15, 0.2) is 0 Å². The Kier molecular flexibility index (Phi) is 6.21. The van der Waals surface area contributed by atoms with Gasteiger partial charge in [0, 0.05) is 30.6 Å². The van der Waals surface area contributed by atoms with Crippen LogP contribution in [0.2, 0.25) is 0 Å². The SMILES string of the molecule is CCCn1c(-c2ccc(N(C)S(=O)(=O)CC)cc2)c(N)c2ccc(OC(F)F)cc21. The van der Waals surface area contributed by atoms with E-state index in [9.17, 15) is 17.2 Å². The molecule has 30 heavy (non-hydrogen) atoms. The van der Waals surface area contributed by atoms with Gasteiger partial charge in [0.05, 0.1) is 28.3 Å². The third kappa shape index (κ3) is 4.07. The first-order valence-corrected chi connectivity index (χ1v) is 11.2. The number of halogens is 2. The second-order valence-electron chi connectivity index (χ2n) is 6.89. The Morgan fingerprint density at radius 2 is 1.80 bits per heavy atom. The van der Waals surface area contributed by atoms with Gasteiger partial charge in [0.25, 0.3) is 0 Å². The van der Waals surface area contributed by atoms with Crippen LogP contribution in [0.5, 0.6) is 5.75 Å². The first-order chi connectivity index (χ1) is 14.2. The minimum absolute atomic E-state index is 0.00591. The van der Waals surface area contributed by atoms with Gasteiger partial charge in [-0.05, 0) is 37.6 Å². The van der Waals surface area contributed by atoms with Gasteiger partial charge in [-0.15, -0.1) is 0 Å². The molecule has 162 valence electrons. The van der Waals surface area contributed by atoms with Crippen molar-refractivity contribution >= 4 is 32.3 Å². The summed E-state index contributed by atoms with van der Waals surface area (Å²) in [5, 5.41) is 0.745. The lowest BCUT2D eigenvalue weighted by Crippen LogP contribution is -2.27. The van der Waals surface area contributed by atoms with Crippen molar-refractivity contribution in [2.45, 2.75) is 33.4 Å². The molecule has 2 N–H and O–H groups in total. The van der Waals surface area contributed by atoms with E-state index in [1.54, 1.807) is 31.2 Å². The van der Waals surface area contributed by atoms with E-state index in [0.717, 1.165) is 23.1 Å². The minimum atomic E-state index is -3.36. The third-order valence-electron chi connectivity index (χ3n) is 5.03. The van der Waals surface area contributed by atoms with Crippen molar-refractivity contribution in [3.63, 3.8) is 0 Å². The van der Waals surface area contributed by atoms with Crippen LogP contribution in [-0.4, -0.2) is 32.4 Å². The fraction of sp³-hybridized carbons (Fsp3) is 0.333. The van der Waals surface area contributed by atoms with Gasteiger partial charge in [0.2, 0.25) is 10.0 Å². The fourth-order valence-electron chi connectivity index (χ4n) is 3.48. The summed E-state index contributed by atoms with van der Waals surface area (Å²) in [5.74, 6) is 0.0760. The second-order valence-corrected chi connectivity index (χ2v) is 9.18. The van der Waals surface area contributed by atoms with Crippen molar-refractivity contribution in [2.75, 3.05) is 22.8 Å². The van der Waals surface area contributed by atoms with Crippen LogP contribution < -0.4 is 14.8 Å². The molecule has 1 aromatic heterocycles. The highest BCUT2D eigenvalue weighted by molar-refractivity contribution is 7.92. The van der Waals surface area contributed by atoms with E-state index < -0.39 is 16.6 Å². The van der Waals surface area contributed by atoms with Gasteiger partial charge in [-0.25, -0.2) is 8.42 Å². The summed E-state index contributed by atoms with van der Waals surface area (Å²) < 4.78 is 57.2. The van der Waals surface area contributed by atoms with E-state index in [0.29, 0.717) is 23.4 Å². The number of benzene rings is 2. The number of sulfonamides is 1. The topological polar surface area (TPSA) is 77.6 Å². The number of hydrogen-bond donors (Lipinski definition) is 1. The molecule has 0 amide bonds. The van der Waals surface area contributed by atoms with Crippen LogP contribution in [0.3, 0.4) is 0 Å². The van der Waals surface area contributed by atoms with Crippen LogP contribution in [0.1, 0.15) is 20.3 Å². The number of alkyl halides is 2. The van der Waals surface area contributed by atoms with Crippen molar-refractivity contribution in [3.8, 4) is 17.0 Å². The maximum Gasteiger partial charge on any atom is 0.387 e.